The number of ether oxygens (including phenoxy) is 1. The number of hydrogen-bond donors (Lipinski definition) is 2. The maximum Gasteiger partial charge on any atom is 0.240 e. The number of rotatable bonds is 14. The van der Waals surface area contributed by atoms with Crippen LogP contribution in [0.5, 0.6) is 0 Å². The second-order valence-electron chi connectivity index (χ2n) is 10.3. The summed E-state index contributed by atoms with van der Waals surface area (Å²) in [5, 5.41) is 13.0. The molecule has 0 unspecified atom stereocenters. The molecule has 2 rings (SSSR count). The Morgan fingerprint density at radius 2 is 1.80 bits per heavy atom. The molecule has 0 saturated heterocycles. The Kier molecular flexibility index (Phi) is 11.2. The van der Waals surface area contributed by atoms with Crippen molar-refractivity contribution in [3.8, 4) is 0 Å². The Bertz CT molecular complexity index is 901. The number of nitrogens with two attached hydrogens (primary N) is 1. The number of amides is 1. The van der Waals surface area contributed by atoms with Gasteiger partial charge in [0.15, 0.2) is 11.0 Å². The Balaban J connectivity index is 2.30. The number of aromatic nitrogens is 3. The fraction of sp³-hybridized carbons (Fsp3) is 0.654. The number of thioether (sulfide) groups is 1. The van der Waals surface area contributed by atoms with Gasteiger partial charge in [0.25, 0.3) is 0 Å². The lowest BCUT2D eigenvalue weighted by molar-refractivity contribution is -0.126. The van der Waals surface area contributed by atoms with Gasteiger partial charge in [-0.15, -0.1) is 10.2 Å². The van der Waals surface area contributed by atoms with Gasteiger partial charge in [-0.2, -0.15) is 0 Å². The average molecular weight is 505 g/mol. The summed E-state index contributed by atoms with van der Waals surface area (Å²) in [6, 6.07) is 9.51. The number of carbonyl (C=O) groups excluding carboxylic acids is 1. The summed E-state index contributed by atoms with van der Waals surface area (Å²) in [4.78, 5) is 15.3. The zero-order valence-electron chi connectivity index (χ0n) is 22.5. The van der Waals surface area contributed by atoms with Crippen molar-refractivity contribution in [2.45, 2.75) is 89.5 Å². The highest BCUT2D eigenvalue weighted by molar-refractivity contribution is 8.00. The predicted molar refractivity (Wildman–Crippen MR) is 143 cm³/mol. The van der Waals surface area contributed by atoms with Crippen LogP contribution in [0.25, 0.3) is 0 Å². The molecule has 0 fully saturated rings. The first-order valence-corrected chi connectivity index (χ1v) is 13.3. The minimum atomic E-state index is -1.02. The van der Waals surface area contributed by atoms with Crippen LogP contribution in [0.3, 0.4) is 0 Å². The molecule has 1 aromatic heterocycles. The molecule has 1 heterocycles. The number of nitrogens with zero attached hydrogens (tertiary/aromatic N) is 4. The molecule has 8 nitrogen and oxygen atoms in total. The molecular formula is C26H44N6O2S. The van der Waals surface area contributed by atoms with E-state index in [4.69, 9.17) is 10.5 Å². The Morgan fingerprint density at radius 3 is 2.37 bits per heavy atom. The van der Waals surface area contributed by atoms with E-state index >= 15 is 0 Å². The second kappa shape index (κ2) is 13.4. The van der Waals surface area contributed by atoms with E-state index in [9.17, 15) is 4.79 Å². The molecule has 35 heavy (non-hydrogen) atoms. The van der Waals surface area contributed by atoms with Gasteiger partial charge in [0, 0.05) is 11.3 Å². The van der Waals surface area contributed by atoms with Gasteiger partial charge < -0.3 is 25.3 Å². The van der Waals surface area contributed by atoms with Gasteiger partial charge in [-0.3, -0.25) is 4.79 Å². The van der Waals surface area contributed by atoms with Gasteiger partial charge in [0.2, 0.25) is 5.91 Å². The minimum Gasteiger partial charge on any atom is -0.374 e. The highest BCUT2D eigenvalue weighted by Crippen LogP contribution is 2.32. The van der Waals surface area contributed by atoms with Crippen LogP contribution in [0, 0.1) is 0 Å². The van der Waals surface area contributed by atoms with Crippen LogP contribution < -0.4 is 11.1 Å². The number of carbonyl (C=O) groups is 1. The lowest BCUT2D eigenvalue weighted by Gasteiger charge is -2.25. The first kappa shape index (κ1) is 29.3. The first-order valence-electron chi connectivity index (χ1n) is 12.5. The van der Waals surface area contributed by atoms with E-state index in [1.165, 1.54) is 0 Å². The highest BCUT2D eigenvalue weighted by Gasteiger charge is 2.30. The fourth-order valence-corrected chi connectivity index (χ4v) is 4.43. The summed E-state index contributed by atoms with van der Waals surface area (Å²) in [6.45, 7) is 18.7. The molecule has 0 aliphatic heterocycles. The van der Waals surface area contributed by atoms with Gasteiger partial charge in [-0.1, -0.05) is 76.7 Å². The summed E-state index contributed by atoms with van der Waals surface area (Å²) < 4.78 is 8.15. The average Bonchev–Trinajstić information content (AvgIpc) is 3.16. The molecule has 1 amide bonds. The largest absolute Gasteiger partial charge is 0.374 e. The zero-order chi connectivity index (χ0) is 26.1. The molecule has 0 saturated carbocycles. The van der Waals surface area contributed by atoms with Crippen molar-refractivity contribution in [1.82, 2.24) is 25.0 Å². The standard InChI is InChI=1S/C26H44N6O2S/c1-8-31(9-2)16-13-17-32-22(29-30-24(32)35-25(3,4)5)21(28-23(33)26(6,7)27)19-34-18-20-14-11-10-12-15-20/h10-12,14-15,21H,8-9,13,16-19,27H2,1-7H3,(H,28,33)/t21-/m1/s1. The van der Waals surface area contributed by atoms with Crippen LogP contribution >= 0.6 is 11.8 Å². The molecule has 1 atom stereocenters. The summed E-state index contributed by atoms with van der Waals surface area (Å²) in [5.74, 6) is 0.440. The van der Waals surface area contributed by atoms with E-state index in [0.717, 1.165) is 43.3 Å². The van der Waals surface area contributed by atoms with E-state index in [2.05, 4.69) is 59.6 Å². The normalized spacial score (nSPS) is 13.3. The Morgan fingerprint density at radius 1 is 1.14 bits per heavy atom. The number of nitrogens with one attached hydrogen (secondary N) is 1. The fourth-order valence-electron chi connectivity index (χ4n) is 3.50. The van der Waals surface area contributed by atoms with Gasteiger partial charge in [0.05, 0.1) is 18.8 Å². The van der Waals surface area contributed by atoms with E-state index < -0.39 is 11.6 Å². The maximum atomic E-state index is 12.8. The van der Waals surface area contributed by atoms with Crippen LogP contribution in [0.1, 0.15) is 72.3 Å². The lowest BCUT2D eigenvalue weighted by Crippen LogP contribution is -2.51. The van der Waals surface area contributed by atoms with Gasteiger partial charge in [0.1, 0.15) is 6.04 Å². The third kappa shape index (κ3) is 9.91. The second-order valence-corrected chi connectivity index (χ2v) is 12.1. The summed E-state index contributed by atoms with van der Waals surface area (Å²) >= 11 is 1.68. The van der Waals surface area contributed by atoms with Crippen molar-refractivity contribution in [3.63, 3.8) is 0 Å². The van der Waals surface area contributed by atoms with Gasteiger partial charge in [-0.25, -0.2) is 0 Å². The summed E-state index contributed by atoms with van der Waals surface area (Å²) in [7, 11) is 0. The van der Waals surface area contributed by atoms with Crippen LogP contribution in [-0.2, 0) is 22.7 Å². The monoisotopic (exact) mass is 504 g/mol. The maximum absolute atomic E-state index is 12.8. The molecule has 2 aromatic rings. The van der Waals surface area contributed by atoms with Crippen LogP contribution in [0.2, 0.25) is 0 Å². The van der Waals surface area contributed by atoms with Crippen molar-refractivity contribution in [1.29, 1.82) is 0 Å². The zero-order valence-corrected chi connectivity index (χ0v) is 23.3. The highest BCUT2D eigenvalue weighted by atomic mass is 32.2. The molecule has 3 N–H and O–H groups in total. The van der Waals surface area contributed by atoms with E-state index in [-0.39, 0.29) is 17.3 Å². The molecular weight excluding hydrogens is 460 g/mol. The quantitative estimate of drug-likeness (QED) is 0.375. The van der Waals surface area contributed by atoms with Crippen molar-refractivity contribution in [3.05, 3.63) is 41.7 Å². The summed E-state index contributed by atoms with van der Waals surface area (Å²) in [5.41, 5.74) is 6.14. The van der Waals surface area contributed by atoms with Gasteiger partial charge in [-0.05, 0) is 45.5 Å². The lowest BCUT2D eigenvalue weighted by atomic mass is 10.1. The third-order valence-electron chi connectivity index (χ3n) is 5.49. The molecule has 0 spiro atoms. The van der Waals surface area contributed by atoms with E-state index in [1.807, 2.05) is 30.3 Å². The Labute approximate surface area is 215 Å². The molecule has 0 radical (unpaired) electrons. The van der Waals surface area contributed by atoms with Crippen molar-refractivity contribution >= 4 is 17.7 Å². The molecule has 0 aliphatic rings. The first-order chi connectivity index (χ1) is 16.4. The minimum absolute atomic E-state index is 0.0251. The number of hydrogen-bond acceptors (Lipinski definition) is 7. The van der Waals surface area contributed by atoms with Crippen molar-refractivity contribution < 1.29 is 9.53 Å². The van der Waals surface area contributed by atoms with Crippen molar-refractivity contribution in [2.24, 2.45) is 5.73 Å². The smallest absolute Gasteiger partial charge is 0.240 e. The third-order valence-corrected chi connectivity index (χ3v) is 6.59. The molecule has 0 aliphatic carbocycles. The van der Waals surface area contributed by atoms with Crippen molar-refractivity contribution in [2.75, 3.05) is 26.2 Å². The Hall–Kier alpha value is -1.94. The van der Waals surface area contributed by atoms with Gasteiger partial charge >= 0.3 is 0 Å². The van der Waals surface area contributed by atoms with E-state index in [0.29, 0.717) is 12.4 Å². The molecule has 0 bridgehead atoms. The topological polar surface area (TPSA) is 98.3 Å². The predicted octanol–water partition coefficient (Wildman–Crippen LogP) is 4.01. The van der Waals surface area contributed by atoms with Crippen LogP contribution in [-0.4, -0.2) is 62.1 Å². The molecule has 1 aromatic carbocycles. The van der Waals surface area contributed by atoms with Crippen LogP contribution in [0.15, 0.2) is 35.5 Å². The molecule has 9 heteroatoms. The van der Waals surface area contributed by atoms with E-state index in [1.54, 1.807) is 25.6 Å². The SMILES string of the molecule is CCN(CC)CCCn1c(SC(C)(C)C)nnc1[C@@H](COCc1ccccc1)NC(=O)C(C)(C)N. The van der Waals surface area contributed by atoms with Crippen LogP contribution in [0.4, 0.5) is 0 Å². The number of benzene rings is 1. The summed E-state index contributed by atoms with van der Waals surface area (Å²) in [6.07, 6.45) is 0.957. The molecule has 196 valence electrons.